The fourth-order valence-electron chi connectivity index (χ4n) is 2.80. The summed E-state index contributed by atoms with van der Waals surface area (Å²) in [4.78, 5) is 18.8. The van der Waals surface area contributed by atoms with Gasteiger partial charge in [-0.05, 0) is 42.5 Å². The lowest BCUT2D eigenvalue weighted by Crippen LogP contribution is -2.26. The third kappa shape index (κ3) is 4.38. The monoisotopic (exact) mass is 410 g/mol. The molecule has 0 aliphatic carbocycles. The van der Waals surface area contributed by atoms with Crippen molar-refractivity contribution in [1.82, 2.24) is 4.98 Å². The van der Waals surface area contributed by atoms with E-state index in [-0.39, 0.29) is 10.8 Å². The molecular formula is C21H22N4O3S. The summed E-state index contributed by atoms with van der Waals surface area (Å²) in [5, 5.41) is 2.76. The van der Waals surface area contributed by atoms with E-state index in [9.17, 15) is 13.2 Å². The Labute approximate surface area is 170 Å². The number of hydrogen-bond acceptors (Lipinski definition) is 5. The van der Waals surface area contributed by atoms with Crippen LogP contribution in [0.15, 0.2) is 77.8 Å². The molecule has 150 valence electrons. The molecule has 8 heteroatoms. The van der Waals surface area contributed by atoms with Gasteiger partial charge in [0.1, 0.15) is 5.82 Å². The second-order valence-corrected chi connectivity index (χ2v) is 8.53. The van der Waals surface area contributed by atoms with Crippen LogP contribution in [0, 0.1) is 0 Å². The van der Waals surface area contributed by atoms with Gasteiger partial charge >= 0.3 is 0 Å². The number of anilines is 3. The van der Waals surface area contributed by atoms with E-state index in [1.54, 1.807) is 73.7 Å². The van der Waals surface area contributed by atoms with Crippen LogP contribution in [0.1, 0.15) is 10.4 Å². The molecule has 0 unspecified atom stereocenters. The molecule has 0 atom stereocenters. The molecule has 3 rings (SSSR count). The molecule has 0 radical (unpaired) electrons. The molecule has 2 aromatic carbocycles. The number of amides is 1. The van der Waals surface area contributed by atoms with Crippen LogP contribution in [0.2, 0.25) is 0 Å². The molecule has 0 saturated heterocycles. The van der Waals surface area contributed by atoms with Crippen LogP contribution in [-0.2, 0) is 10.0 Å². The Morgan fingerprint density at radius 1 is 0.931 bits per heavy atom. The van der Waals surface area contributed by atoms with Crippen LogP contribution >= 0.6 is 0 Å². The van der Waals surface area contributed by atoms with Crippen molar-refractivity contribution in [3.8, 4) is 0 Å². The predicted molar refractivity (Wildman–Crippen MR) is 115 cm³/mol. The van der Waals surface area contributed by atoms with Gasteiger partial charge in [-0.2, -0.15) is 0 Å². The van der Waals surface area contributed by atoms with Gasteiger partial charge in [-0.15, -0.1) is 0 Å². The van der Waals surface area contributed by atoms with Crippen LogP contribution < -0.4 is 14.5 Å². The highest BCUT2D eigenvalue weighted by Gasteiger charge is 2.22. The minimum atomic E-state index is -3.78. The van der Waals surface area contributed by atoms with E-state index in [2.05, 4.69) is 10.3 Å². The van der Waals surface area contributed by atoms with Gasteiger partial charge < -0.3 is 10.2 Å². The molecule has 1 aromatic heterocycles. The van der Waals surface area contributed by atoms with Crippen LogP contribution in [0.4, 0.5) is 17.2 Å². The first kappa shape index (κ1) is 20.3. The van der Waals surface area contributed by atoms with Crippen molar-refractivity contribution < 1.29 is 13.2 Å². The average molecular weight is 410 g/mol. The second-order valence-electron chi connectivity index (χ2n) is 6.56. The van der Waals surface area contributed by atoms with E-state index in [1.165, 1.54) is 23.5 Å². The van der Waals surface area contributed by atoms with Gasteiger partial charge in [0.15, 0.2) is 0 Å². The molecule has 1 heterocycles. The summed E-state index contributed by atoms with van der Waals surface area (Å²) in [5.74, 6) is 0.158. The molecule has 0 aliphatic rings. The number of para-hydroxylation sites is 1. The summed E-state index contributed by atoms with van der Waals surface area (Å²) in [6.45, 7) is 0. The van der Waals surface area contributed by atoms with Gasteiger partial charge in [-0.3, -0.25) is 9.10 Å². The molecule has 7 nitrogen and oxygen atoms in total. The highest BCUT2D eigenvalue weighted by Crippen LogP contribution is 2.24. The van der Waals surface area contributed by atoms with E-state index in [1.807, 2.05) is 6.07 Å². The topological polar surface area (TPSA) is 82.6 Å². The number of nitrogens with zero attached hydrogens (tertiary/aromatic N) is 3. The average Bonchev–Trinajstić information content (AvgIpc) is 2.74. The Kier molecular flexibility index (Phi) is 5.84. The lowest BCUT2D eigenvalue weighted by molar-refractivity contribution is 0.102. The van der Waals surface area contributed by atoms with E-state index in [4.69, 9.17) is 0 Å². The molecule has 0 saturated carbocycles. The maximum atomic E-state index is 13.0. The number of hydrogen-bond donors (Lipinski definition) is 1. The van der Waals surface area contributed by atoms with E-state index >= 15 is 0 Å². The Morgan fingerprint density at radius 3 is 2.34 bits per heavy atom. The standard InChI is InChI=1S/C21H22N4O3S/c1-24(2)20-19(13-8-14-22-20)21(26)23-16-9-7-12-18(15-16)29(27,28)25(3)17-10-5-4-6-11-17/h4-15H,1-3H3,(H,23,26). The summed E-state index contributed by atoms with van der Waals surface area (Å²) in [5.41, 5.74) is 1.33. The largest absolute Gasteiger partial charge is 0.362 e. The fraction of sp³-hybridized carbons (Fsp3) is 0.143. The first-order valence-corrected chi connectivity index (χ1v) is 10.3. The zero-order valence-electron chi connectivity index (χ0n) is 16.4. The second kappa shape index (κ2) is 8.32. The molecule has 0 aliphatic heterocycles. The zero-order chi connectivity index (χ0) is 21.0. The smallest absolute Gasteiger partial charge is 0.264 e. The van der Waals surface area contributed by atoms with Crippen LogP contribution in [0.3, 0.4) is 0 Å². The van der Waals surface area contributed by atoms with Crippen molar-refractivity contribution in [2.75, 3.05) is 35.7 Å². The van der Waals surface area contributed by atoms with Gasteiger partial charge in [0.05, 0.1) is 16.1 Å². The maximum Gasteiger partial charge on any atom is 0.264 e. The van der Waals surface area contributed by atoms with Gasteiger partial charge in [-0.1, -0.05) is 24.3 Å². The maximum absolute atomic E-state index is 13.0. The number of benzene rings is 2. The summed E-state index contributed by atoms with van der Waals surface area (Å²) >= 11 is 0. The normalized spacial score (nSPS) is 11.0. The van der Waals surface area contributed by atoms with Crippen molar-refractivity contribution in [2.45, 2.75) is 4.90 Å². The SMILES string of the molecule is CN(C)c1ncccc1C(=O)Nc1cccc(S(=O)(=O)N(C)c2ccccc2)c1. The summed E-state index contributed by atoms with van der Waals surface area (Å²) in [6.07, 6.45) is 1.61. The summed E-state index contributed by atoms with van der Waals surface area (Å²) in [7, 11) is 1.31. The predicted octanol–water partition coefficient (Wildman–Crippen LogP) is 3.23. The third-order valence-electron chi connectivity index (χ3n) is 4.33. The lowest BCUT2D eigenvalue weighted by Gasteiger charge is -2.20. The van der Waals surface area contributed by atoms with Crippen molar-refractivity contribution in [3.63, 3.8) is 0 Å². The molecule has 1 N–H and O–H groups in total. The van der Waals surface area contributed by atoms with E-state index < -0.39 is 10.0 Å². The minimum absolute atomic E-state index is 0.0840. The fourth-order valence-corrected chi connectivity index (χ4v) is 4.04. The third-order valence-corrected chi connectivity index (χ3v) is 6.11. The number of pyridine rings is 1. The number of aromatic nitrogens is 1. The summed E-state index contributed by atoms with van der Waals surface area (Å²) < 4.78 is 27.2. The van der Waals surface area contributed by atoms with Crippen molar-refractivity contribution >= 4 is 33.1 Å². The van der Waals surface area contributed by atoms with Crippen LogP contribution in [-0.4, -0.2) is 40.5 Å². The number of rotatable bonds is 6. The Hall–Kier alpha value is -3.39. The number of carbonyl (C=O) groups is 1. The Balaban J connectivity index is 1.88. The molecular weight excluding hydrogens is 388 g/mol. The van der Waals surface area contributed by atoms with Crippen LogP contribution in [0.5, 0.6) is 0 Å². The summed E-state index contributed by atoms with van der Waals surface area (Å²) in [6, 6.07) is 18.3. The van der Waals surface area contributed by atoms with Crippen LogP contribution in [0.25, 0.3) is 0 Å². The zero-order valence-corrected chi connectivity index (χ0v) is 17.2. The van der Waals surface area contributed by atoms with Gasteiger partial charge in [0, 0.05) is 33.0 Å². The quantitative estimate of drug-likeness (QED) is 0.675. The lowest BCUT2D eigenvalue weighted by atomic mass is 10.2. The number of carbonyl (C=O) groups excluding carboxylic acids is 1. The molecule has 0 spiro atoms. The number of sulfonamides is 1. The molecule has 1 amide bonds. The number of nitrogens with one attached hydrogen (secondary N) is 1. The van der Waals surface area contributed by atoms with Crippen molar-refractivity contribution in [1.29, 1.82) is 0 Å². The molecule has 3 aromatic rings. The highest BCUT2D eigenvalue weighted by molar-refractivity contribution is 7.92. The molecule has 0 bridgehead atoms. The van der Waals surface area contributed by atoms with E-state index in [0.717, 1.165) is 0 Å². The van der Waals surface area contributed by atoms with Crippen molar-refractivity contribution in [2.24, 2.45) is 0 Å². The van der Waals surface area contributed by atoms with Gasteiger partial charge in [0.2, 0.25) is 0 Å². The Morgan fingerprint density at radius 2 is 1.66 bits per heavy atom. The molecule has 0 fully saturated rings. The first-order valence-electron chi connectivity index (χ1n) is 8.88. The Bertz CT molecular complexity index is 1120. The van der Waals surface area contributed by atoms with E-state index in [0.29, 0.717) is 22.8 Å². The minimum Gasteiger partial charge on any atom is -0.362 e. The van der Waals surface area contributed by atoms with Gasteiger partial charge in [0.25, 0.3) is 15.9 Å². The van der Waals surface area contributed by atoms with Crippen molar-refractivity contribution in [3.05, 3.63) is 78.5 Å². The highest BCUT2D eigenvalue weighted by atomic mass is 32.2. The first-order chi connectivity index (χ1) is 13.8. The van der Waals surface area contributed by atoms with Gasteiger partial charge in [-0.25, -0.2) is 13.4 Å². The molecule has 29 heavy (non-hydrogen) atoms.